The van der Waals surface area contributed by atoms with Crippen LogP contribution in [0.25, 0.3) is 5.69 Å². The highest BCUT2D eigenvalue weighted by molar-refractivity contribution is 6.23. The van der Waals surface area contributed by atoms with Crippen LogP contribution in [0.4, 0.5) is 11.5 Å². The lowest BCUT2D eigenvalue weighted by molar-refractivity contribution is -0.385. The van der Waals surface area contributed by atoms with Crippen molar-refractivity contribution in [1.29, 1.82) is 0 Å². The smallest absolute Gasteiger partial charge is 0.343 e. The second-order valence-corrected chi connectivity index (χ2v) is 7.75. The Morgan fingerprint density at radius 1 is 1.08 bits per heavy atom. The first-order valence-electron chi connectivity index (χ1n) is 11.1. The van der Waals surface area contributed by atoms with Gasteiger partial charge in [0.25, 0.3) is 17.5 Å². The summed E-state index contributed by atoms with van der Waals surface area (Å²) in [5.74, 6) is -2.43. The van der Waals surface area contributed by atoms with Crippen LogP contribution in [0.2, 0.25) is 0 Å². The Morgan fingerprint density at radius 2 is 1.83 bits per heavy atom. The SMILES string of the molecule is CCOC(=O)c1cnn(-c2ccccc2)c1NC(=O)CCCN1C(=O)c2cccc([N+](=O)[O-])c2C1=O. The molecule has 0 radical (unpaired) electrons. The number of carbonyl (C=O) groups excluding carboxylic acids is 4. The van der Waals surface area contributed by atoms with Crippen molar-refractivity contribution in [3.8, 4) is 5.69 Å². The summed E-state index contributed by atoms with van der Waals surface area (Å²) in [5, 5.41) is 18.1. The zero-order valence-corrected chi connectivity index (χ0v) is 19.2. The molecule has 1 N–H and O–H groups in total. The van der Waals surface area contributed by atoms with Gasteiger partial charge in [-0.2, -0.15) is 5.10 Å². The van der Waals surface area contributed by atoms with Crippen molar-refractivity contribution in [2.75, 3.05) is 18.5 Å². The van der Waals surface area contributed by atoms with E-state index >= 15 is 0 Å². The van der Waals surface area contributed by atoms with Crippen LogP contribution < -0.4 is 5.32 Å². The number of anilines is 1. The zero-order valence-electron chi connectivity index (χ0n) is 19.2. The topological polar surface area (TPSA) is 154 Å². The number of aromatic nitrogens is 2. The van der Waals surface area contributed by atoms with E-state index in [-0.39, 0.29) is 48.5 Å². The molecule has 2 aromatic carbocycles. The molecule has 0 saturated heterocycles. The first kappa shape index (κ1) is 24.3. The number of hydrogen-bond donors (Lipinski definition) is 1. The third kappa shape index (κ3) is 4.56. The minimum atomic E-state index is -0.769. The Bertz CT molecular complexity index is 1370. The van der Waals surface area contributed by atoms with Gasteiger partial charge in [-0.1, -0.05) is 24.3 Å². The number of nitrogens with one attached hydrogen (secondary N) is 1. The number of amides is 3. The van der Waals surface area contributed by atoms with Gasteiger partial charge in [-0.15, -0.1) is 0 Å². The number of nitro benzene ring substituents is 1. The summed E-state index contributed by atoms with van der Waals surface area (Å²) in [4.78, 5) is 61.9. The third-order valence-electron chi connectivity index (χ3n) is 5.48. The number of carbonyl (C=O) groups is 4. The lowest BCUT2D eigenvalue weighted by Gasteiger charge is -2.14. The van der Waals surface area contributed by atoms with Crippen molar-refractivity contribution in [3.05, 3.63) is 81.5 Å². The molecule has 12 nitrogen and oxygen atoms in total. The number of esters is 1. The fraction of sp³-hybridized carbons (Fsp3) is 0.208. The first-order valence-corrected chi connectivity index (χ1v) is 11.1. The molecule has 0 saturated carbocycles. The number of nitro groups is 1. The van der Waals surface area contributed by atoms with Gasteiger partial charge < -0.3 is 10.1 Å². The molecule has 0 aliphatic carbocycles. The molecule has 0 fully saturated rings. The highest BCUT2D eigenvalue weighted by Gasteiger charge is 2.40. The molecule has 0 unspecified atom stereocenters. The van der Waals surface area contributed by atoms with Crippen molar-refractivity contribution >= 4 is 35.2 Å². The average Bonchev–Trinajstić information content (AvgIpc) is 3.39. The predicted molar refractivity (Wildman–Crippen MR) is 126 cm³/mol. The van der Waals surface area contributed by atoms with E-state index in [0.717, 1.165) is 11.0 Å². The van der Waals surface area contributed by atoms with Crippen molar-refractivity contribution < 1.29 is 28.8 Å². The number of nitrogens with zero attached hydrogens (tertiary/aromatic N) is 4. The lowest BCUT2D eigenvalue weighted by atomic mass is 10.1. The number of hydrogen-bond acceptors (Lipinski definition) is 8. The molecule has 36 heavy (non-hydrogen) atoms. The summed E-state index contributed by atoms with van der Waals surface area (Å²) in [6, 6.07) is 12.7. The van der Waals surface area contributed by atoms with E-state index in [1.54, 1.807) is 31.2 Å². The molecule has 1 aliphatic rings. The third-order valence-corrected chi connectivity index (χ3v) is 5.48. The maximum absolute atomic E-state index is 12.7. The van der Waals surface area contributed by atoms with E-state index in [9.17, 15) is 29.3 Å². The maximum atomic E-state index is 12.7. The highest BCUT2D eigenvalue weighted by atomic mass is 16.6. The van der Waals surface area contributed by atoms with Gasteiger partial charge in [0.15, 0.2) is 5.82 Å². The average molecular weight is 491 g/mol. The number of fused-ring (bicyclic) bond motifs is 1. The minimum absolute atomic E-state index is 0.0375. The molecule has 184 valence electrons. The Balaban J connectivity index is 1.46. The van der Waals surface area contributed by atoms with Gasteiger partial charge in [-0.3, -0.25) is 29.4 Å². The summed E-state index contributed by atoms with van der Waals surface area (Å²) in [5.41, 5.74) is -0.0447. The van der Waals surface area contributed by atoms with Crippen LogP contribution >= 0.6 is 0 Å². The molecule has 1 aromatic heterocycles. The van der Waals surface area contributed by atoms with Crippen LogP contribution in [0.5, 0.6) is 0 Å². The molecule has 0 atom stereocenters. The van der Waals surface area contributed by atoms with Gasteiger partial charge in [0.05, 0.1) is 29.0 Å². The van der Waals surface area contributed by atoms with Gasteiger partial charge in [-0.25, -0.2) is 9.48 Å². The zero-order chi connectivity index (χ0) is 25.8. The van der Waals surface area contributed by atoms with Crippen LogP contribution in [-0.2, 0) is 9.53 Å². The van der Waals surface area contributed by atoms with Crippen LogP contribution in [0.3, 0.4) is 0 Å². The van der Waals surface area contributed by atoms with E-state index in [4.69, 9.17) is 4.74 Å². The largest absolute Gasteiger partial charge is 0.462 e. The second-order valence-electron chi connectivity index (χ2n) is 7.75. The first-order chi connectivity index (χ1) is 17.3. The summed E-state index contributed by atoms with van der Waals surface area (Å²) in [7, 11) is 0. The van der Waals surface area contributed by atoms with Crippen LogP contribution in [0.15, 0.2) is 54.7 Å². The summed E-state index contributed by atoms with van der Waals surface area (Å²) < 4.78 is 6.45. The van der Waals surface area contributed by atoms with Crippen molar-refractivity contribution in [2.24, 2.45) is 0 Å². The minimum Gasteiger partial charge on any atom is -0.462 e. The fourth-order valence-electron chi connectivity index (χ4n) is 3.86. The molecule has 2 heterocycles. The standard InChI is InChI=1S/C24H21N5O7/c1-2-36-24(33)17-14-25-28(15-8-4-3-5-9-15)21(17)26-19(30)12-7-13-27-22(31)16-10-6-11-18(29(34)35)20(16)23(27)32/h3-6,8-11,14H,2,7,12-13H2,1H3,(H,26,30). The van der Waals surface area contributed by atoms with Gasteiger partial charge in [0.1, 0.15) is 11.1 Å². The van der Waals surface area contributed by atoms with Gasteiger partial charge in [0, 0.05) is 19.0 Å². The van der Waals surface area contributed by atoms with E-state index < -0.39 is 34.3 Å². The number of ether oxygens (including phenoxy) is 1. The maximum Gasteiger partial charge on any atom is 0.343 e. The van der Waals surface area contributed by atoms with Crippen LogP contribution in [0, 0.1) is 10.1 Å². The number of rotatable bonds is 9. The molecule has 1 aliphatic heterocycles. The molecule has 12 heteroatoms. The van der Waals surface area contributed by atoms with Gasteiger partial charge >= 0.3 is 5.97 Å². The second kappa shape index (κ2) is 10.2. The molecule has 0 spiro atoms. The molecular weight excluding hydrogens is 470 g/mol. The Labute approximate surface area is 204 Å². The predicted octanol–water partition coefficient (Wildman–Crippen LogP) is 2.97. The number of benzene rings is 2. The summed E-state index contributed by atoms with van der Waals surface area (Å²) >= 11 is 0. The van der Waals surface area contributed by atoms with Crippen molar-refractivity contribution in [3.63, 3.8) is 0 Å². The monoisotopic (exact) mass is 491 g/mol. The highest BCUT2D eigenvalue weighted by Crippen LogP contribution is 2.31. The van der Waals surface area contributed by atoms with Crippen LogP contribution in [0.1, 0.15) is 50.8 Å². The molecule has 0 bridgehead atoms. The number of para-hydroxylation sites is 1. The van der Waals surface area contributed by atoms with E-state index in [0.29, 0.717) is 5.69 Å². The number of imide groups is 1. The van der Waals surface area contributed by atoms with E-state index in [2.05, 4.69) is 10.4 Å². The quantitative estimate of drug-likeness (QED) is 0.207. The van der Waals surface area contributed by atoms with Crippen molar-refractivity contribution in [1.82, 2.24) is 14.7 Å². The Morgan fingerprint density at radius 3 is 2.53 bits per heavy atom. The van der Waals surface area contributed by atoms with Gasteiger partial charge in [-0.05, 0) is 31.5 Å². The fourth-order valence-corrected chi connectivity index (χ4v) is 3.86. The molecule has 4 rings (SSSR count). The molecular formula is C24H21N5O7. The normalized spacial score (nSPS) is 12.4. The summed E-state index contributed by atoms with van der Waals surface area (Å²) in [6.45, 7) is 1.69. The lowest BCUT2D eigenvalue weighted by Crippen LogP contribution is -2.31. The van der Waals surface area contributed by atoms with Crippen molar-refractivity contribution in [2.45, 2.75) is 19.8 Å². The molecule has 3 amide bonds. The Hall–Kier alpha value is -4.87. The van der Waals surface area contributed by atoms with E-state index in [1.807, 2.05) is 6.07 Å². The van der Waals surface area contributed by atoms with Crippen LogP contribution in [-0.4, -0.2) is 56.4 Å². The Kier molecular flexibility index (Phi) is 6.86. The van der Waals surface area contributed by atoms with Gasteiger partial charge in [0.2, 0.25) is 5.91 Å². The van der Waals surface area contributed by atoms with E-state index in [1.165, 1.54) is 23.0 Å². The molecule has 3 aromatic rings. The summed E-state index contributed by atoms with van der Waals surface area (Å²) in [6.07, 6.45) is 1.29.